The lowest BCUT2D eigenvalue weighted by molar-refractivity contribution is -0.137. The number of hydrogen-bond donors (Lipinski definition) is 1. The zero-order valence-corrected chi connectivity index (χ0v) is 14.8. The second-order valence-corrected chi connectivity index (χ2v) is 7.62. The quantitative estimate of drug-likeness (QED) is 0.696. The minimum atomic E-state index is -4.61. The van der Waals surface area contributed by atoms with Crippen molar-refractivity contribution in [3.05, 3.63) is 83.9 Å². The molecule has 2 aromatic carbocycles. The molecule has 0 spiro atoms. The molecule has 27 heavy (non-hydrogen) atoms. The number of imidazole rings is 1. The van der Waals surface area contributed by atoms with Crippen LogP contribution in [0.15, 0.2) is 72.1 Å². The summed E-state index contributed by atoms with van der Waals surface area (Å²) in [6, 6.07) is 10.9. The van der Waals surface area contributed by atoms with Crippen molar-refractivity contribution < 1.29 is 21.6 Å². The summed E-state index contributed by atoms with van der Waals surface area (Å²) in [4.78, 5) is 3.53. The van der Waals surface area contributed by atoms with Crippen molar-refractivity contribution in [3.8, 4) is 0 Å². The number of benzene rings is 2. The van der Waals surface area contributed by atoms with E-state index in [1.807, 2.05) is 16.7 Å². The lowest BCUT2D eigenvalue weighted by Gasteiger charge is -2.13. The van der Waals surface area contributed by atoms with E-state index in [9.17, 15) is 21.6 Å². The van der Waals surface area contributed by atoms with Crippen molar-refractivity contribution in [1.82, 2.24) is 14.3 Å². The molecule has 0 amide bonds. The van der Waals surface area contributed by atoms with Crippen LogP contribution >= 0.6 is 0 Å². The molecule has 0 bridgehead atoms. The maximum absolute atomic E-state index is 12.8. The van der Waals surface area contributed by atoms with E-state index in [2.05, 4.69) is 9.71 Å². The van der Waals surface area contributed by atoms with E-state index in [1.165, 1.54) is 0 Å². The van der Waals surface area contributed by atoms with Crippen molar-refractivity contribution in [1.29, 1.82) is 0 Å². The van der Waals surface area contributed by atoms with Gasteiger partial charge in [0.05, 0.1) is 16.8 Å². The second kappa shape index (κ2) is 7.53. The molecule has 0 fully saturated rings. The molecule has 0 saturated carbocycles. The van der Waals surface area contributed by atoms with Gasteiger partial charge in [-0.3, -0.25) is 0 Å². The number of nitrogens with zero attached hydrogens (tertiary/aromatic N) is 2. The molecule has 5 nitrogen and oxygen atoms in total. The molecule has 3 rings (SSSR count). The van der Waals surface area contributed by atoms with Gasteiger partial charge in [-0.05, 0) is 29.3 Å². The largest absolute Gasteiger partial charge is 0.416 e. The summed E-state index contributed by atoms with van der Waals surface area (Å²) >= 11 is 0. The fourth-order valence-corrected chi connectivity index (χ4v) is 3.61. The molecule has 0 unspecified atom stereocenters. The van der Waals surface area contributed by atoms with Crippen molar-refractivity contribution in [2.75, 3.05) is 0 Å². The lowest BCUT2D eigenvalue weighted by Crippen LogP contribution is -2.24. The number of nitrogens with one attached hydrogen (secondary N) is 1. The Balaban J connectivity index is 1.79. The molecule has 1 heterocycles. The van der Waals surface area contributed by atoms with Crippen LogP contribution in [0, 0.1) is 0 Å². The van der Waals surface area contributed by atoms with Crippen LogP contribution in [0.1, 0.15) is 16.7 Å². The third kappa shape index (κ3) is 4.75. The molecule has 0 aliphatic carbocycles. The van der Waals surface area contributed by atoms with Gasteiger partial charge < -0.3 is 4.57 Å². The maximum Gasteiger partial charge on any atom is 0.416 e. The molecule has 0 aliphatic heterocycles. The Kier molecular flexibility index (Phi) is 5.33. The van der Waals surface area contributed by atoms with Crippen LogP contribution in [0.2, 0.25) is 0 Å². The second-order valence-electron chi connectivity index (χ2n) is 5.85. The van der Waals surface area contributed by atoms with Crippen LogP contribution in [0.3, 0.4) is 0 Å². The average Bonchev–Trinajstić information content (AvgIpc) is 3.13. The van der Waals surface area contributed by atoms with Crippen LogP contribution in [-0.2, 0) is 29.3 Å². The van der Waals surface area contributed by atoms with Gasteiger partial charge in [-0.1, -0.05) is 30.3 Å². The van der Waals surface area contributed by atoms with Crippen molar-refractivity contribution in [2.45, 2.75) is 24.2 Å². The lowest BCUT2D eigenvalue weighted by atomic mass is 10.1. The highest BCUT2D eigenvalue weighted by molar-refractivity contribution is 7.89. The van der Waals surface area contributed by atoms with Gasteiger partial charge in [0.2, 0.25) is 10.0 Å². The summed E-state index contributed by atoms with van der Waals surface area (Å²) in [7, 11) is -4.09. The number of aromatic nitrogens is 2. The highest BCUT2D eigenvalue weighted by Gasteiger charge is 2.31. The first-order chi connectivity index (χ1) is 12.8. The summed E-state index contributed by atoms with van der Waals surface area (Å²) in [5.41, 5.74) is 0.592. The van der Waals surface area contributed by atoms with Gasteiger partial charge >= 0.3 is 6.18 Å². The number of hydrogen-bond acceptors (Lipinski definition) is 3. The smallest absolute Gasteiger partial charge is 0.333 e. The molecule has 9 heteroatoms. The van der Waals surface area contributed by atoms with Crippen molar-refractivity contribution in [3.63, 3.8) is 0 Å². The molecule has 1 aromatic heterocycles. The van der Waals surface area contributed by atoms with Crippen LogP contribution in [0.25, 0.3) is 0 Å². The molecule has 0 radical (unpaired) electrons. The summed E-state index contributed by atoms with van der Waals surface area (Å²) in [6.07, 6.45) is 0.453. The third-order valence-corrected chi connectivity index (χ3v) is 5.35. The van der Waals surface area contributed by atoms with E-state index in [0.29, 0.717) is 12.6 Å². The Morgan fingerprint density at radius 1 is 1.04 bits per heavy atom. The zero-order chi connectivity index (χ0) is 19.5. The van der Waals surface area contributed by atoms with Crippen LogP contribution in [0.5, 0.6) is 0 Å². The normalized spacial score (nSPS) is 12.3. The molecule has 3 aromatic rings. The van der Waals surface area contributed by atoms with Crippen molar-refractivity contribution >= 4 is 10.0 Å². The van der Waals surface area contributed by atoms with Crippen LogP contribution in [-0.4, -0.2) is 18.0 Å². The Bertz CT molecular complexity index is 1020. The van der Waals surface area contributed by atoms with Gasteiger partial charge in [-0.2, -0.15) is 13.2 Å². The first-order valence-electron chi connectivity index (χ1n) is 7.95. The van der Waals surface area contributed by atoms with Gasteiger partial charge in [-0.15, -0.1) is 0 Å². The minimum absolute atomic E-state index is 0.0382. The number of rotatable bonds is 6. The predicted octanol–water partition coefficient (Wildman–Crippen LogP) is 3.43. The van der Waals surface area contributed by atoms with Gasteiger partial charge in [0.25, 0.3) is 0 Å². The van der Waals surface area contributed by atoms with Gasteiger partial charge in [0.1, 0.15) is 0 Å². The summed E-state index contributed by atoms with van der Waals surface area (Å²) in [6.45, 7) is 0.463. The molecule has 0 atom stereocenters. The fraction of sp³-hybridized carbons (Fsp3) is 0.167. The monoisotopic (exact) mass is 395 g/mol. The molecule has 0 saturated heterocycles. The summed E-state index contributed by atoms with van der Waals surface area (Å²) < 4.78 is 67.5. The average molecular weight is 395 g/mol. The Labute approximate surface area is 154 Å². The van der Waals surface area contributed by atoms with E-state index >= 15 is 0 Å². The molecule has 142 valence electrons. The van der Waals surface area contributed by atoms with Gasteiger partial charge in [0, 0.05) is 25.5 Å². The van der Waals surface area contributed by atoms with Crippen molar-refractivity contribution in [2.24, 2.45) is 0 Å². The molecular formula is C18H16F3N3O2S. The standard InChI is InChI=1S/C18H16F3N3O2S/c19-18(20,21)16-6-3-7-17(10-16)27(25,26)23-11-14-4-1-2-5-15(14)12-24-9-8-22-13-24/h1-10,13,23H,11-12H2. The Morgan fingerprint density at radius 2 is 1.78 bits per heavy atom. The zero-order valence-electron chi connectivity index (χ0n) is 14.0. The van der Waals surface area contributed by atoms with Gasteiger partial charge in [-0.25, -0.2) is 18.1 Å². The first kappa shape index (κ1) is 19.1. The van der Waals surface area contributed by atoms with E-state index in [-0.39, 0.29) is 6.54 Å². The number of alkyl halides is 3. The Morgan fingerprint density at radius 3 is 2.44 bits per heavy atom. The number of halogens is 3. The van der Waals surface area contributed by atoms with E-state index in [0.717, 1.165) is 29.3 Å². The van der Waals surface area contributed by atoms with Gasteiger partial charge in [0.15, 0.2) is 0 Å². The highest BCUT2D eigenvalue weighted by atomic mass is 32.2. The molecule has 1 N–H and O–H groups in total. The topological polar surface area (TPSA) is 64.0 Å². The van der Waals surface area contributed by atoms with E-state index in [4.69, 9.17) is 0 Å². The molecule has 0 aliphatic rings. The fourth-order valence-electron chi connectivity index (χ4n) is 2.56. The minimum Gasteiger partial charge on any atom is -0.333 e. The van der Waals surface area contributed by atoms with Crippen LogP contribution in [0.4, 0.5) is 13.2 Å². The van der Waals surface area contributed by atoms with E-state index < -0.39 is 26.7 Å². The summed E-state index contributed by atoms with van der Waals surface area (Å²) in [5, 5.41) is 0. The van der Waals surface area contributed by atoms with Crippen LogP contribution < -0.4 is 4.72 Å². The predicted molar refractivity (Wildman–Crippen MR) is 93.2 cm³/mol. The Hall–Kier alpha value is -2.65. The third-order valence-electron chi connectivity index (χ3n) is 3.95. The molecular weight excluding hydrogens is 379 g/mol. The summed E-state index contributed by atoms with van der Waals surface area (Å²) in [5.74, 6) is 0. The first-order valence-corrected chi connectivity index (χ1v) is 9.43. The highest BCUT2D eigenvalue weighted by Crippen LogP contribution is 2.30. The maximum atomic E-state index is 12.8. The number of sulfonamides is 1. The SMILES string of the molecule is O=S(=O)(NCc1ccccc1Cn1ccnc1)c1cccc(C(F)(F)F)c1. The van der Waals surface area contributed by atoms with E-state index in [1.54, 1.807) is 30.9 Å².